The summed E-state index contributed by atoms with van der Waals surface area (Å²) in [5.74, 6) is 0. The molecule has 1 aromatic rings. The highest BCUT2D eigenvalue weighted by Gasteiger charge is 2.06. The van der Waals surface area contributed by atoms with Crippen LogP contribution in [-0.2, 0) is 0 Å². The van der Waals surface area contributed by atoms with Crippen LogP contribution in [0.25, 0.3) is 0 Å². The van der Waals surface area contributed by atoms with Gasteiger partial charge in [0.1, 0.15) is 7.85 Å². The molecule has 0 N–H and O–H groups in total. The Labute approximate surface area is 90.3 Å². The van der Waals surface area contributed by atoms with E-state index in [1.807, 2.05) is 0 Å². The molecule has 0 heterocycles. The van der Waals surface area contributed by atoms with Gasteiger partial charge in [0, 0.05) is 0 Å². The summed E-state index contributed by atoms with van der Waals surface area (Å²) in [6, 6.07) is 6.84. The van der Waals surface area contributed by atoms with E-state index in [2.05, 4.69) is 46.6 Å². The largest absolute Gasteiger partial charge is 0.101 e. The molecule has 0 aromatic heterocycles. The lowest BCUT2D eigenvalue weighted by molar-refractivity contribution is 1.09. The maximum Gasteiger partial charge on any atom is 0.101 e. The minimum absolute atomic E-state index is 0.0814. The molecule has 0 spiro atoms. The van der Waals surface area contributed by atoms with Gasteiger partial charge in [0.25, 0.3) is 0 Å². The minimum Gasteiger partial charge on any atom is -0.0807 e. The molecule has 1 aromatic carbocycles. The highest BCUT2D eigenvalue weighted by molar-refractivity contribution is 7.65. The highest BCUT2D eigenvalue weighted by Crippen LogP contribution is 2.32. The molecule has 0 saturated heterocycles. The second kappa shape index (κ2) is 5.56. The van der Waals surface area contributed by atoms with Crippen LogP contribution in [0.1, 0.15) is 17.5 Å². The van der Waals surface area contributed by atoms with Gasteiger partial charge in [0.05, 0.1) is 0 Å². The van der Waals surface area contributed by atoms with E-state index in [1.165, 1.54) is 30.0 Å². The van der Waals surface area contributed by atoms with E-state index >= 15 is 0 Å². The van der Waals surface area contributed by atoms with Crippen LogP contribution in [0.4, 0.5) is 0 Å². The fourth-order valence-corrected chi connectivity index (χ4v) is 3.78. The number of hydrogen-bond donors (Lipinski definition) is 0. The molecular weight excluding hydrogens is 186 g/mol. The van der Waals surface area contributed by atoms with Crippen molar-refractivity contribution in [2.75, 3.05) is 12.8 Å². The van der Waals surface area contributed by atoms with Crippen molar-refractivity contribution in [2.45, 2.75) is 26.6 Å². The first-order valence-electron chi connectivity index (χ1n) is 5.43. The predicted octanol–water partition coefficient (Wildman–Crippen LogP) is 2.48. The van der Waals surface area contributed by atoms with E-state index in [0.717, 1.165) is 0 Å². The summed E-state index contributed by atoms with van der Waals surface area (Å²) in [7, 11) is 2.35. The molecule has 0 radical (unpaired) electrons. The van der Waals surface area contributed by atoms with Gasteiger partial charge in [-0.2, -0.15) is 0 Å². The lowest BCUT2D eigenvalue weighted by Crippen LogP contribution is -2.07. The Balaban J connectivity index is 2.77. The molecule has 0 nitrogen and oxygen atoms in total. The number of rotatable bonds is 4. The van der Waals surface area contributed by atoms with Gasteiger partial charge in [-0.25, -0.2) is 0 Å². The Kier molecular flexibility index (Phi) is 4.68. The predicted molar refractivity (Wildman–Crippen MR) is 71.2 cm³/mol. The summed E-state index contributed by atoms with van der Waals surface area (Å²) in [6.07, 6.45) is 4.07. The van der Waals surface area contributed by atoms with Crippen LogP contribution in [0.3, 0.4) is 0 Å². The molecule has 2 heteroatoms. The van der Waals surface area contributed by atoms with Gasteiger partial charge in [-0.05, 0) is 37.5 Å². The number of benzene rings is 1. The zero-order valence-electron chi connectivity index (χ0n) is 9.80. The first-order valence-corrected chi connectivity index (χ1v) is 7.41. The molecule has 0 unspecified atom stereocenters. The normalized spacial score (nSPS) is 12.8. The van der Waals surface area contributed by atoms with Crippen molar-refractivity contribution in [1.82, 2.24) is 0 Å². The van der Waals surface area contributed by atoms with Crippen molar-refractivity contribution in [1.29, 1.82) is 0 Å². The van der Waals surface area contributed by atoms with Gasteiger partial charge >= 0.3 is 0 Å². The van der Waals surface area contributed by atoms with E-state index in [4.69, 9.17) is 0 Å². The molecular formula is C12H20BP. The molecule has 0 aliphatic heterocycles. The van der Waals surface area contributed by atoms with E-state index in [-0.39, 0.29) is 7.92 Å². The molecule has 0 amide bonds. The third-order valence-electron chi connectivity index (χ3n) is 2.62. The fourth-order valence-electron chi connectivity index (χ4n) is 1.65. The van der Waals surface area contributed by atoms with Crippen molar-refractivity contribution >= 4 is 21.1 Å². The Morgan fingerprint density at radius 3 is 2.64 bits per heavy atom. The Hall–Kier alpha value is -0.285. The second-order valence-electron chi connectivity index (χ2n) is 4.07. The lowest BCUT2D eigenvalue weighted by Gasteiger charge is -2.15. The molecule has 0 saturated carbocycles. The van der Waals surface area contributed by atoms with Crippen molar-refractivity contribution < 1.29 is 0 Å². The van der Waals surface area contributed by atoms with Gasteiger partial charge in [-0.3, -0.25) is 0 Å². The molecule has 1 atom stereocenters. The van der Waals surface area contributed by atoms with Crippen LogP contribution >= 0.6 is 7.92 Å². The maximum atomic E-state index is 2.41. The summed E-state index contributed by atoms with van der Waals surface area (Å²) in [4.78, 5) is 0. The van der Waals surface area contributed by atoms with Crippen LogP contribution in [-0.4, -0.2) is 20.7 Å². The van der Waals surface area contributed by atoms with E-state index < -0.39 is 0 Å². The SMILES string of the molecule is BCCC[P@@](C)c1cc(C)ccc1C. The van der Waals surface area contributed by atoms with Crippen LogP contribution in [0.2, 0.25) is 6.32 Å². The van der Waals surface area contributed by atoms with E-state index in [0.29, 0.717) is 0 Å². The number of aryl methyl sites for hydroxylation is 2. The summed E-state index contributed by atoms with van der Waals surface area (Å²) >= 11 is 0. The Morgan fingerprint density at radius 1 is 1.29 bits per heavy atom. The van der Waals surface area contributed by atoms with Gasteiger partial charge in [0.15, 0.2) is 0 Å². The maximum absolute atomic E-state index is 2.41. The summed E-state index contributed by atoms with van der Waals surface area (Å²) in [5, 5.41) is 1.61. The second-order valence-corrected chi connectivity index (χ2v) is 6.39. The molecule has 76 valence electrons. The van der Waals surface area contributed by atoms with Crippen LogP contribution in [0.5, 0.6) is 0 Å². The van der Waals surface area contributed by atoms with Gasteiger partial charge in [-0.1, -0.05) is 44.4 Å². The molecule has 0 aliphatic rings. The third kappa shape index (κ3) is 3.13. The zero-order valence-corrected chi connectivity index (χ0v) is 10.7. The summed E-state index contributed by atoms with van der Waals surface area (Å²) in [6.45, 7) is 6.83. The van der Waals surface area contributed by atoms with Gasteiger partial charge in [0.2, 0.25) is 0 Å². The van der Waals surface area contributed by atoms with Crippen LogP contribution in [0.15, 0.2) is 18.2 Å². The van der Waals surface area contributed by atoms with Crippen LogP contribution in [0, 0.1) is 13.8 Å². The quantitative estimate of drug-likeness (QED) is 0.524. The topological polar surface area (TPSA) is 0 Å². The Bertz CT molecular complexity index is 296. The highest BCUT2D eigenvalue weighted by atomic mass is 31.1. The molecule has 1 rings (SSSR count). The standard InChI is InChI=1S/C12H20BP/c1-10-5-6-11(2)12(9-10)14(3)8-4-7-13/h5-6,9H,4,7-8,13H2,1-3H3/t14-/m1/s1. The molecule has 14 heavy (non-hydrogen) atoms. The molecule has 0 bridgehead atoms. The zero-order chi connectivity index (χ0) is 10.6. The van der Waals surface area contributed by atoms with E-state index in [1.54, 1.807) is 5.30 Å². The van der Waals surface area contributed by atoms with Crippen molar-refractivity contribution in [3.8, 4) is 0 Å². The Morgan fingerprint density at radius 2 is 2.00 bits per heavy atom. The summed E-state index contributed by atoms with van der Waals surface area (Å²) < 4.78 is 0. The monoisotopic (exact) mass is 206 g/mol. The minimum atomic E-state index is 0.0814. The number of hydrogen-bond acceptors (Lipinski definition) is 0. The lowest BCUT2D eigenvalue weighted by atomic mass is 10.0. The van der Waals surface area contributed by atoms with Crippen LogP contribution < -0.4 is 5.30 Å². The first kappa shape index (κ1) is 11.8. The fraction of sp³-hybridized carbons (Fsp3) is 0.500. The molecule has 0 fully saturated rings. The third-order valence-corrected chi connectivity index (χ3v) is 4.91. The summed E-state index contributed by atoms with van der Waals surface area (Å²) in [5.41, 5.74) is 2.87. The van der Waals surface area contributed by atoms with Gasteiger partial charge in [-0.15, -0.1) is 0 Å². The van der Waals surface area contributed by atoms with Crippen molar-refractivity contribution in [3.05, 3.63) is 29.3 Å². The average Bonchev–Trinajstić information content (AvgIpc) is 2.18. The molecule has 0 aliphatic carbocycles. The smallest absolute Gasteiger partial charge is 0.0807 e. The van der Waals surface area contributed by atoms with Crippen molar-refractivity contribution in [2.24, 2.45) is 0 Å². The van der Waals surface area contributed by atoms with Gasteiger partial charge < -0.3 is 0 Å². The van der Waals surface area contributed by atoms with E-state index in [9.17, 15) is 0 Å². The average molecular weight is 206 g/mol. The first-order chi connectivity index (χ1) is 6.65. The van der Waals surface area contributed by atoms with Crippen molar-refractivity contribution in [3.63, 3.8) is 0 Å².